The maximum atomic E-state index is 5.23. The first-order valence-electron chi connectivity index (χ1n) is 4.60. The number of aromatic nitrogens is 1. The molecule has 0 aliphatic carbocycles. The Balaban J connectivity index is 2.72. The number of aromatic amines is 1. The predicted octanol–water partition coefficient (Wildman–Crippen LogP) is 3.50. The number of rotatable bonds is 2. The van der Waals surface area contributed by atoms with Crippen LogP contribution in [0.2, 0.25) is 0 Å². The fourth-order valence-corrected chi connectivity index (χ4v) is 2.27. The molecule has 0 saturated heterocycles. The van der Waals surface area contributed by atoms with Gasteiger partial charge in [-0.2, -0.15) is 0 Å². The Kier molecular flexibility index (Phi) is 2.50. The van der Waals surface area contributed by atoms with Gasteiger partial charge in [0.2, 0.25) is 0 Å². The zero-order chi connectivity index (χ0) is 10.1. The minimum Gasteiger partial charge on any atom is -0.495 e. The van der Waals surface area contributed by atoms with Crippen LogP contribution in [-0.2, 0) is 6.42 Å². The number of methoxy groups -OCH3 is 1. The van der Waals surface area contributed by atoms with Crippen LogP contribution in [-0.4, -0.2) is 12.1 Å². The molecule has 74 valence electrons. The van der Waals surface area contributed by atoms with Crippen molar-refractivity contribution in [3.05, 3.63) is 28.4 Å². The largest absolute Gasteiger partial charge is 0.495 e. The number of hydrogen-bond acceptors (Lipinski definition) is 1. The SMILES string of the molecule is CCc1c[nH]c2c(Br)c(OC)ccc12. The number of nitrogens with one attached hydrogen (secondary N) is 1. The molecule has 14 heavy (non-hydrogen) atoms. The maximum Gasteiger partial charge on any atom is 0.135 e. The number of hydrogen-bond donors (Lipinski definition) is 1. The lowest BCUT2D eigenvalue weighted by Gasteiger charge is -2.03. The Labute approximate surface area is 91.4 Å². The normalized spacial score (nSPS) is 10.8. The molecule has 2 aromatic rings. The number of fused-ring (bicyclic) bond motifs is 1. The molecule has 0 aliphatic heterocycles. The van der Waals surface area contributed by atoms with Crippen LogP contribution in [0.15, 0.2) is 22.8 Å². The summed E-state index contributed by atoms with van der Waals surface area (Å²) in [5.74, 6) is 0.863. The topological polar surface area (TPSA) is 25.0 Å². The summed E-state index contributed by atoms with van der Waals surface area (Å²) in [6.45, 7) is 2.15. The lowest BCUT2D eigenvalue weighted by molar-refractivity contribution is 0.413. The molecule has 1 aromatic heterocycles. The van der Waals surface area contributed by atoms with Gasteiger partial charge in [-0.05, 0) is 40.0 Å². The number of ether oxygens (including phenoxy) is 1. The molecule has 0 bridgehead atoms. The van der Waals surface area contributed by atoms with E-state index in [-0.39, 0.29) is 0 Å². The number of benzene rings is 1. The van der Waals surface area contributed by atoms with Gasteiger partial charge in [-0.3, -0.25) is 0 Å². The summed E-state index contributed by atoms with van der Waals surface area (Å²) in [5.41, 5.74) is 2.45. The van der Waals surface area contributed by atoms with E-state index in [9.17, 15) is 0 Å². The van der Waals surface area contributed by atoms with Crippen LogP contribution >= 0.6 is 15.9 Å². The zero-order valence-corrected chi connectivity index (χ0v) is 9.81. The first-order chi connectivity index (χ1) is 6.77. The van der Waals surface area contributed by atoms with E-state index in [4.69, 9.17) is 4.74 Å². The highest BCUT2D eigenvalue weighted by molar-refractivity contribution is 9.10. The molecule has 0 unspecified atom stereocenters. The first kappa shape index (κ1) is 9.59. The van der Waals surface area contributed by atoms with Crippen LogP contribution in [0.4, 0.5) is 0 Å². The fraction of sp³-hybridized carbons (Fsp3) is 0.273. The molecular weight excluding hydrogens is 242 g/mol. The molecule has 0 amide bonds. The van der Waals surface area contributed by atoms with Gasteiger partial charge < -0.3 is 9.72 Å². The molecule has 2 rings (SSSR count). The van der Waals surface area contributed by atoms with Gasteiger partial charge in [-0.15, -0.1) is 0 Å². The molecule has 0 spiro atoms. The van der Waals surface area contributed by atoms with Gasteiger partial charge in [-0.1, -0.05) is 6.92 Å². The van der Waals surface area contributed by atoms with Crippen molar-refractivity contribution in [2.24, 2.45) is 0 Å². The minimum absolute atomic E-state index is 0.863. The molecule has 0 atom stereocenters. The number of aryl methyl sites for hydroxylation is 1. The summed E-state index contributed by atoms with van der Waals surface area (Å²) in [4.78, 5) is 3.26. The zero-order valence-electron chi connectivity index (χ0n) is 8.23. The Hall–Kier alpha value is -0.960. The van der Waals surface area contributed by atoms with E-state index < -0.39 is 0 Å². The first-order valence-corrected chi connectivity index (χ1v) is 5.39. The number of halogens is 1. The quantitative estimate of drug-likeness (QED) is 0.871. The Morgan fingerprint density at radius 1 is 1.43 bits per heavy atom. The lowest BCUT2D eigenvalue weighted by Crippen LogP contribution is -1.85. The van der Waals surface area contributed by atoms with Crippen molar-refractivity contribution in [3.8, 4) is 5.75 Å². The van der Waals surface area contributed by atoms with Gasteiger partial charge in [0.15, 0.2) is 0 Å². The molecule has 3 heteroatoms. The molecule has 1 aromatic carbocycles. The van der Waals surface area contributed by atoms with Gasteiger partial charge in [-0.25, -0.2) is 0 Å². The van der Waals surface area contributed by atoms with Crippen molar-refractivity contribution in [2.75, 3.05) is 7.11 Å². The Bertz CT molecular complexity index is 462. The highest BCUT2D eigenvalue weighted by Crippen LogP contribution is 2.33. The highest BCUT2D eigenvalue weighted by Gasteiger charge is 2.08. The van der Waals surface area contributed by atoms with Crippen LogP contribution < -0.4 is 4.74 Å². The van der Waals surface area contributed by atoms with E-state index in [0.29, 0.717) is 0 Å². The summed E-state index contributed by atoms with van der Waals surface area (Å²) in [6, 6.07) is 4.08. The van der Waals surface area contributed by atoms with E-state index in [0.717, 1.165) is 22.2 Å². The second-order valence-electron chi connectivity index (χ2n) is 3.17. The molecule has 1 heterocycles. The Morgan fingerprint density at radius 3 is 2.86 bits per heavy atom. The second kappa shape index (κ2) is 3.65. The van der Waals surface area contributed by atoms with Crippen LogP contribution in [0.1, 0.15) is 12.5 Å². The lowest BCUT2D eigenvalue weighted by atomic mass is 10.1. The molecule has 0 aliphatic rings. The molecular formula is C11H12BrNO. The van der Waals surface area contributed by atoms with Crippen molar-refractivity contribution in [3.63, 3.8) is 0 Å². The Morgan fingerprint density at radius 2 is 2.21 bits per heavy atom. The van der Waals surface area contributed by atoms with Crippen molar-refractivity contribution in [1.82, 2.24) is 4.98 Å². The van der Waals surface area contributed by atoms with E-state index >= 15 is 0 Å². The van der Waals surface area contributed by atoms with Crippen molar-refractivity contribution >= 4 is 26.8 Å². The van der Waals surface area contributed by atoms with E-state index in [1.165, 1.54) is 10.9 Å². The van der Waals surface area contributed by atoms with Gasteiger partial charge in [0.05, 0.1) is 17.1 Å². The van der Waals surface area contributed by atoms with Gasteiger partial charge in [0, 0.05) is 11.6 Å². The predicted molar refractivity (Wildman–Crippen MR) is 61.9 cm³/mol. The van der Waals surface area contributed by atoms with Crippen LogP contribution in [0.3, 0.4) is 0 Å². The van der Waals surface area contributed by atoms with Crippen LogP contribution in [0.5, 0.6) is 5.75 Å². The van der Waals surface area contributed by atoms with E-state index in [1.54, 1.807) is 7.11 Å². The average molecular weight is 254 g/mol. The summed E-state index contributed by atoms with van der Waals surface area (Å²) >= 11 is 3.53. The van der Waals surface area contributed by atoms with Gasteiger partial charge in [0.1, 0.15) is 5.75 Å². The third-order valence-electron chi connectivity index (χ3n) is 2.44. The van der Waals surface area contributed by atoms with Gasteiger partial charge in [0.25, 0.3) is 0 Å². The standard InChI is InChI=1S/C11H12BrNO/c1-3-7-6-13-11-8(7)4-5-9(14-2)10(11)12/h4-6,13H,3H2,1-2H3. The molecule has 0 saturated carbocycles. The second-order valence-corrected chi connectivity index (χ2v) is 3.96. The summed E-state index contributed by atoms with van der Waals surface area (Å²) < 4.78 is 6.23. The smallest absolute Gasteiger partial charge is 0.135 e. The van der Waals surface area contributed by atoms with E-state index in [2.05, 4.69) is 40.1 Å². The summed E-state index contributed by atoms with van der Waals surface area (Å²) in [6.07, 6.45) is 3.09. The highest BCUT2D eigenvalue weighted by atomic mass is 79.9. The third kappa shape index (κ3) is 1.32. The minimum atomic E-state index is 0.863. The molecule has 0 radical (unpaired) electrons. The summed E-state index contributed by atoms with van der Waals surface area (Å²) in [7, 11) is 1.68. The maximum absolute atomic E-state index is 5.23. The van der Waals surface area contributed by atoms with E-state index in [1.807, 2.05) is 6.07 Å². The average Bonchev–Trinajstić information content (AvgIpc) is 2.62. The van der Waals surface area contributed by atoms with Crippen LogP contribution in [0.25, 0.3) is 10.9 Å². The number of H-pyrrole nitrogens is 1. The van der Waals surface area contributed by atoms with Crippen molar-refractivity contribution < 1.29 is 4.74 Å². The molecule has 2 nitrogen and oxygen atoms in total. The van der Waals surface area contributed by atoms with Crippen molar-refractivity contribution in [1.29, 1.82) is 0 Å². The van der Waals surface area contributed by atoms with Crippen molar-refractivity contribution in [2.45, 2.75) is 13.3 Å². The summed E-state index contributed by atoms with van der Waals surface area (Å²) in [5, 5.41) is 1.26. The molecule has 0 fully saturated rings. The monoisotopic (exact) mass is 253 g/mol. The van der Waals surface area contributed by atoms with Crippen LogP contribution in [0, 0.1) is 0 Å². The third-order valence-corrected chi connectivity index (χ3v) is 3.23. The van der Waals surface area contributed by atoms with Gasteiger partial charge >= 0.3 is 0 Å². The molecule has 1 N–H and O–H groups in total. The fourth-order valence-electron chi connectivity index (χ4n) is 1.65.